The quantitative estimate of drug-likeness (QED) is 0.337. The van der Waals surface area contributed by atoms with Crippen LogP contribution in [0.4, 0.5) is 5.69 Å². The van der Waals surface area contributed by atoms with Gasteiger partial charge in [-0.05, 0) is 38.1 Å². The Bertz CT molecular complexity index is 1420. The first-order valence-electron chi connectivity index (χ1n) is 9.82. The van der Waals surface area contributed by atoms with Crippen LogP contribution in [0.15, 0.2) is 82.6 Å². The topological polar surface area (TPSA) is 63.0 Å². The van der Waals surface area contributed by atoms with Gasteiger partial charge in [-0.2, -0.15) is 0 Å². The van der Waals surface area contributed by atoms with Gasteiger partial charge in [0.1, 0.15) is 0 Å². The maximum atomic E-state index is 13.1. The van der Waals surface area contributed by atoms with E-state index in [1.54, 1.807) is 10.9 Å². The van der Waals surface area contributed by atoms with Crippen molar-refractivity contribution in [2.75, 3.05) is 0 Å². The minimum atomic E-state index is -0.122. The minimum absolute atomic E-state index is 0.122. The molecule has 2 aromatic heterocycles. The molecule has 0 amide bonds. The number of hydrogen-bond acceptors (Lipinski definition) is 3. The Hall–Kier alpha value is -3.99. The maximum absolute atomic E-state index is 13.1. The summed E-state index contributed by atoms with van der Waals surface area (Å²) in [6.45, 7) is 3.91. The maximum Gasteiger partial charge on any atom is 0.280 e. The lowest BCUT2D eigenvalue weighted by molar-refractivity contribution is 0.835. The molecule has 0 fully saturated rings. The second-order valence-corrected chi connectivity index (χ2v) is 7.38. The summed E-state index contributed by atoms with van der Waals surface area (Å²) in [6.07, 6.45) is 1.66. The van der Waals surface area contributed by atoms with E-state index in [-0.39, 0.29) is 5.56 Å². The van der Waals surface area contributed by atoms with Gasteiger partial charge in [-0.25, -0.2) is 9.67 Å². The van der Waals surface area contributed by atoms with Crippen LogP contribution in [0.1, 0.15) is 16.8 Å². The van der Waals surface area contributed by atoms with E-state index >= 15 is 0 Å². The van der Waals surface area contributed by atoms with Gasteiger partial charge < -0.3 is 0 Å². The molecule has 0 aliphatic heterocycles. The molecule has 0 spiro atoms. The van der Waals surface area contributed by atoms with E-state index in [1.807, 2.05) is 86.6 Å². The average molecular weight is 392 g/mol. The molecule has 2 heterocycles. The fraction of sp³-hybridized carbons (Fsp3) is 0.0800. The Morgan fingerprint density at radius 1 is 0.867 bits per heavy atom. The Morgan fingerprint density at radius 2 is 1.47 bits per heavy atom. The molecule has 5 aromatic rings. The number of para-hydroxylation sites is 2. The zero-order valence-electron chi connectivity index (χ0n) is 16.8. The fourth-order valence-corrected chi connectivity index (χ4v) is 3.67. The second kappa shape index (κ2) is 7.12. The Balaban J connectivity index is 1.67. The third kappa shape index (κ3) is 3.01. The molecular formula is C25H20N4O. The first-order valence-corrected chi connectivity index (χ1v) is 9.82. The summed E-state index contributed by atoms with van der Waals surface area (Å²) in [6, 6.07) is 23.7. The van der Waals surface area contributed by atoms with Crippen LogP contribution in [0, 0.1) is 13.8 Å². The molecule has 0 saturated carbocycles. The fourth-order valence-electron chi connectivity index (χ4n) is 3.67. The van der Waals surface area contributed by atoms with Gasteiger partial charge in [0.2, 0.25) is 0 Å². The summed E-state index contributed by atoms with van der Waals surface area (Å²) in [7, 11) is 0. The van der Waals surface area contributed by atoms with Crippen LogP contribution in [-0.4, -0.2) is 21.0 Å². The smallest absolute Gasteiger partial charge is 0.280 e. The van der Waals surface area contributed by atoms with E-state index in [0.717, 1.165) is 44.4 Å². The Labute approximate surface area is 173 Å². The number of H-pyrrole nitrogens is 1. The summed E-state index contributed by atoms with van der Waals surface area (Å²) in [5.74, 6) is 0. The molecule has 0 atom stereocenters. The summed E-state index contributed by atoms with van der Waals surface area (Å²) < 4.78 is 1.55. The van der Waals surface area contributed by atoms with E-state index in [2.05, 4.69) is 5.10 Å². The van der Waals surface area contributed by atoms with Crippen LogP contribution < -0.4 is 5.56 Å². The van der Waals surface area contributed by atoms with Crippen molar-refractivity contribution in [2.24, 2.45) is 4.99 Å². The highest BCUT2D eigenvalue weighted by Crippen LogP contribution is 2.32. The van der Waals surface area contributed by atoms with Gasteiger partial charge in [0.05, 0.1) is 28.0 Å². The summed E-state index contributed by atoms with van der Waals surface area (Å²) in [4.78, 5) is 22.6. The molecule has 3 aromatic carbocycles. The number of benzene rings is 3. The van der Waals surface area contributed by atoms with Gasteiger partial charge in [-0.15, -0.1) is 0 Å². The number of hydrogen-bond donors (Lipinski definition) is 1. The van der Waals surface area contributed by atoms with Gasteiger partial charge >= 0.3 is 0 Å². The largest absolute Gasteiger partial charge is 0.295 e. The predicted octanol–water partition coefficient (Wildman–Crippen LogP) is 5.23. The van der Waals surface area contributed by atoms with Crippen LogP contribution in [0.5, 0.6) is 0 Å². The third-order valence-corrected chi connectivity index (χ3v) is 5.29. The van der Waals surface area contributed by atoms with E-state index in [1.165, 1.54) is 0 Å². The SMILES string of the molecule is Cc1ccc(-n2[nH]c(C)c(C=Nc3c4ccccc4nc4ccccc34)c2=O)cc1. The summed E-state index contributed by atoms with van der Waals surface area (Å²) >= 11 is 0. The van der Waals surface area contributed by atoms with Crippen LogP contribution in [-0.2, 0) is 0 Å². The van der Waals surface area contributed by atoms with Crippen LogP contribution >= 0.6 is 0 Å². The summed E-state index contributed by atoms with van der Waals surface area (Å²) in [5.41, 5.74) is 5.72. The highest BCUT2D eigenvalue weighted by Gasteiger charge is 2.12. The second-order valence-electron chi connectivity index (χ2n) is 7.38. The highest BCUT2D eigenvalue weighted by atomic mass is 16.1. The molecule has 0 radical (unpaired) electrons. The molecule has 1 N–H and O–H groups in total. The van der Waals surface area contributed by atoms with Crippen molar-refractivity contribution in [2.45, 2.75) is 13.8 Å². The highest BCUT2D eigenvalue weighted by molar-refractivity contribution is 6.07. The molecule has 146 valence electrons. The van der Waals surface area contributed by atoms with Gasteiger partial charge in [0.15, 0.2) is 0 Å². The Kier molecular flexibility index (Phi) is 4.29. The number of aliphatic imine (C=N–C) groups is 1. The molecular weight excluding hydrogens is 372 g/mol. The van der Waals surface area contributed by atoms with Crippen LogP contribution in [0.2, 0.25) is 0 Å². The van der Waals surface area contributed by atoms with Gasteiger partial charge in [0, 0.05) is 22.7 Å². The van der Waals surface area contributed by atoms with Gasteiger partial charge in [-0.3, -0.25) is 14.9 Å². The monoisotopic (exact) mass is 392 g/mol. The molecule has 5 heteroatoms. The van der Waals surface area contributed by atoms with Crippen molar-refractivity contribution < 1.29 is 0 Å². The lowest BCUT2D eigenvalue weighted by atomic mass is 10.1. The van der Waals surface area contributed by atoms with Crippen molar-refractivity contribution in [3.05, 3.63) is 100.0 Å². The van der Waals surface area contributed by atoms with Crippen molar-refractivity contribution in [1.82, 2.24) is 14.8 Å². The van der Waals surface area contributed by atoms with Crippen LogP contribution in [0.25, 0.3) is 27.5 Å². The number of aryl methyl sites for hydroxylation is 2. The molecule has 0 bridgehead atoms. The molecule has 0 aliphatic rings. The van der Waals surface area contributed by atoms with Crippen LogP contribution in [0.3, 0.4) is 0 Å². The first kappa shape index (κ1) is 18.1. The number of nitrogens with one attached hydrogen (secondary N) is 1. The van der Waals surface area contributed by atoms with Crippen molar-refractivity contribution in [3.63, 3.8) is 0 Å². The van der Waals surface area contributed by atoms with Gasteiger partial charge in [-0.1, -0.05) is 54.1 Å². The average Bonchev–Trinajstić information content (AvgIpc) is 3.05. The van der Waals surface area contributed by atoms with E-state index in [0.29, 0.717) is 5.56 Å². The predicted molar refractivity (Wildman–Crippen MR) is 122 cm³/mol. The van der Waals surface area contributed by atoms with E-state index in [4.69, 9.17) is 9.98 Å². The number of pyridine rings is 1. The minimum Gasteiger partial charge on any atom is -0.295 e. The molecule has 0 saturated heterocycles. The van der Waals surface area contributed by atoms with Crippen molar-refractivity contribution >= 4 is 33.7 Å². The molecule has 0 aliphatic carbocycles. The zero-order valence-corrected chi connectivity index (χ0v) is 16.8. The first-order chi connectivity index (χ1) is 14.6. The molecule has 5 nitrogen and oxygen atoms in total. The van der Waals surface area contributed by atoms with E-state index < -0.39 is 0 Å². The number of aromatic nitrogens is 3. The number of rotatable bonds is 3. The molecule has 5 rings (SSSR count). The van der Waals surface area contributed by atoms with E-state index in [9.17, 15) is 4.79 Å². The lowest BCUT2D eigenvalue weighted by Crippen LogP contribution is -2.17. The lowest BCUT2D eigenvalue weighted by Gasteiger charge is -2.06. The number of fused-ring (bicyclic) bond motifs is 2. The van der Waals surface area contributed by atoms with Crippen molar-refractivity contribution in [3.8, 4) is 5.69 Å². The van der Waals surface area contributed by atoms with Gasteiger partial charge in [0.25, 0.3) is 5.56 Å². The van der Waals surface area contributed by atoms with Crippen molar-refractivity contribution in [1.29, 1.82) is 0 Å². The Morgan fingerprint density at radius 3 is 2.10 bits per heavy atom. The number of aromatic amines is 1. The molecule has 0 unspecified atom stereocenters. The zero-order chi connectivity index (χ0) is 20.7. The normalized spacial score (nSPS) is 11.7. The number of nitrogens with zero attached hydrogens (tertiary/aromatic N) is 3. The standard InChI is InChI=1S/C25H20N4O/c1-16-11-13-18(14-12-16)29-25(30)21(17(2)28-29)15-26-24-19-7-3-5-9-22(19)27-23-10-6-4-8-20(23)24/h3-15,28H,1-2H3. The molecule has 30 heavy (non-hydrogen) atoms. The third-order valence-electron chi connectivity index (χ3n) is 5.29. The summed E-state index contributed by atoms with van der Waals surface area (Å²) in [5, 5.41) is 5.08.